The van der Waals surface area contributed by atoms with Gasteiger partial charge in [0.05, 0.1) is 16.6 Å². The quantitative estimate of drug-likeness (QED) is 0.705. The number of hydrogen-bond donors (Lipinski definition) is 3. The lowest BCUT2D eigenvalue weighted by Gasteiger charge is -2.21. The van der Waals surface area contributed by atoms with E-state index in [1.54, 1.807) is 22.9 Å². The molecule has 3 N–H and O–H groups in total. The van der Waals surface area contributed by atoms with Crippen molar-refractivity contribution in [1.29, 1.82) is 0 Å². The van der Waals surface area contributed by atoms with E-state index in [0.717, 1.165) is 16.3 Å². The van der Waals surface area contributed by atoms with Gasteiger partial charge in [-0.25, -0.2) is 0 Å². The Morgan fingerprint density at radius 2 is 2.04 bits per heavy atom. The first-order valence-corrected chi connectivity index (χ1v) is 8.93. The van der Waals surface area contributed by atoms with Gasteiger partial charge in [0.15, 0.2) is 0 Å². The molecule has 1 aliphatic heterocycles. The van der Waals surface area contributed by atoms with Crippen LogP contribution in [0, 0.1) is 13.8 Å². The molecule has 136 valence electrons. The smallest absolute Gasteiger partial charge is 0.269 e. The van der Waals surface area contributed by atoms with Crippen molar-refractivity contribution in [2.75, 3.05) is 5.32 Å². The number of rotatable bonds is 3. The van der Waals surface area contributed by atoms with Crippen LogP contribution in [-0.4, -0.2) is 32.8 Å². The van der Waals surface area contributed by atoms with Gasteiger partial charge in [-0.3, -0.25) is 29.9 Å². The molecule has 0 spiro atoms. The third-order valence-corrected chi connectivity index (χ3v) is 5.06. The van der Waals surface area contributed by atoms with Gasteiger partial charge in [0.2, 0.25) is 5.91 Å². The summed E-state index contributed by atoms with van der Waals surface area (Å²) in [5.74, 6) is -0.953. The van der Waals surface area contributed by atoms with E-state index in [1.807, 2.05) is 26.8 Å². The van der Waals surface area contributed by atoms with Gasteiger partial charge in [-0.1, -0.05) is 0 Å². The molecule has 1 aromatic carbocycles. The Labute approximate surface area is 154 Å². The first-order chi connectivity index (χ1) is 12.3. The third-order valence-electron chi connectivity index (χ3n) is 3.88. The van der Waals surface area contributed by atoms with Crippen molar-refractivity contribution in [2.24, 2.45) is 0 Å². The number of aryl methyl sites for hydroxylation is 2. The van der Waals surface area contributed by atoms with Gasteiger partial charge in [-0.15, -0.1) is 11.8 Å². The highest BCUT2D eigenvalue weighted by Gasteiger charge is 2.23. The molecule has 1 atom stereocenters. The topological polar surface area (TPSA) is 105 Å². The summed E-state index contributed by atoms with van der Waals surface area (Å²) in [7, 11) is 0. The SMILES string of the molecule is Cc1cc(C)n(CC(=O)NNC(=O)c2ccc3c(c2)NC(=O)[C@@H](C)S3)n1. The second-order valence-corrected chi connectivity index (χ2v) is 7.43. The highest BCUT2D eigenvalue weighted by molar-refractivity contribution is 8.00. The standard InChI is InChI=1S/C17H19N5O3S/c1-9-6-10(2)22(21-9)8-15(23)19-20-17(25)12-4-5-14-13(7-12)18-16(24)11(3)26-14/h4-7,11H,8H2,1-3H3,(H,18,24)(H,19,23)(H,20,25)/t11-/m1/s1. The molecule has 0 fully saturated rings. The Balaban J connectivity index is 1.60. The number of anilines is 1. The number of aromatic nitrogens is 2. The Bertz CT molecular complexity index is 893. The van der Waals surface area contributed by atoms with Crippen LogP contribution in [0.3, 0.4) is 0 Å². The van der Waals surface area contributed by atoms with E-state index in [1.165, 1.54) is 11.8 Å². The molecule has 2 aromatic rings. The normalized spacial score (nSPS) is 15.8. The summed E-state index contributed by atoms with van der Waals surface area (Å²) in [4.78, 5) is 36.9. The molecule has 2 heterocycles. The minimum Gasteiger partial charge on any atom is -0.324 e. The highest BCUT2D eigenvalue weighted by atomic mass is 32.2. The fourth-order valence-electron chi connectivity index (χ4n) is 2.56. The van der Waals surface area contributed by atoms with Crippen molar-refractivity contribution in [3.8, 4) is 0 Å². The molecular weight excluding hydrogens is 354 g/mol. The number of nitrogens with zero attached hydrogens (tertiary/aromatic N) is 2. The zero-order valence-electron chi connectivity index (χ0n) is 14.6. The van der Waals surface area contributed by atoms with Crippen LogP contribution in [0.25, 0.3) is 0 Å². The molecule has 3 rings (SSSR count). The summed E-state index contributed by atoms with van der Waals surface area (Å²) in [5.41, 5.74) is 7.36. The van der Waals surface area contributed by atoms with Crippen LogP contribution in [0.4, 0.5) is 5.69 Å². The average Bonchev–Trinajstić information content (AvgIpc) is 2.90. The summed E-state index contributed by atoms with van der Waals surface area (Å²) in [6.07, 6.45) is 0. The largest absolute Gasteiger partial charge is 0.324 e. The zero-order valence-corrected chi connectivity index (χ0v) is 15.4. The number of carbonyl (C=O) groups excluding carboxylic acids is 3. The van der Waals surface area contributed by atoms with Crippen LogP contribution in [0.1, 0.15) is 28.7 Å². The summed E-state index contributed by atoms with van der Waals surface area (Å²) < 4.78 is 1.56. The van der Waals surface area contributed by atoms with Crippen LogP contribution >= 0.6 is 11.8 Å². The van der Waals surface area contributed by atoms with Crippen molar-refractivity contribution >= 4 is 35.2 Å². The maximum absolute atomic E-state index is 12.2. The van der Waals surface area contributed by atoms with Crippen molar-refractivity contribution < 1.29 is 14.4 Å². The molecule has 0 unspecified atom stereocenters. The van der Waals surface area contributed by atoms with Crippen LogP contribution in [-0.2, 0) is 16.1 Å². The second kappa shape index (κ2) is 7.20. The number of amides is 3. The van der Waals surface area contributed by atoms with Gasteiger partial charge in [-0.05, 0) is 45.0 Å². The van der Waals surface area contributed by atoms with Crippen LogP contribution in [0.15, 0.2) is 29.2 Å². The number of fused-ring (bicyclic) bond motifs is 1. The summed E-state index contributed by atoms with van der Waals surface area (Å²) in [5, 5.41) is 6.80. The minimum atomic E-state index is -0.465. The Morgan fingerprint density at radius 1 is 1.27 bits per heavy atom. The molecule has 3 amide bonds. The highest BCUT2D eigenvalue weighted by Crippen LogP contribution is 2.35. The maximum Gasteiger partial charge on any atom is 0.269 e. The summed E-state index contributed by atoms with van der Waals surface area (Å²) in [6.45, 7) is 5.53. The lowest BCUT2D eigenvalue weighted by molar-refractivity contribution is -0.122. The zero-order chi connectivity index (χ0) is 18.8. The number of benzene rings is 1. The Kier molecular flexibility index (Phi) is 4.99. The molecule has 26 heavy (non-hydrogen) atoms. The van der Waals surface area contributed by atoms with Crippen LogP contribution in [0.5, 0.6) is 0 Å². The van der Waals surface area contributed by atoms with Crippen molar-refractivity contribution in [3.63, 3.8) is 0 Å². The van der Waals surface area contributed by atoms with E-state index in [4.69, 9.17) is 0 Å². The van der Waals surface area contributed by atoms with Gasteiger partial charge in [0.25, 0.3) is 11.8 Å². The molecule has 0 saturated heterocycles. The number of nitrogens with one attached hydrogen (secondary N) is 3. The van der Waals surface area contributed by atoms with Crippen LogP contribution < -0.4 is 16.2 Å². The molecule has 1 aliphatic rings. The Hall–Kier alpha value is -2.81. The molecule has 0 radical (unpaired) electrons. The lowest BCUT2D eigenvalue weighted by Crippen LogP contribution is -2.43. The molecule has 9 heteroatoms. The van der Waals surface area contributed by atoms with Gasteiger partial charge in [0.1, 0.15) is 6.54 Å². The first kappa shape index (κ1) is 18.0. The average molecular weight is 373 g/mol. The first-order valence-electron chi connectivity index (χ1n) is 8.05. The predicted octanol–water partition coefficient (Wildman–Crippen LogP) is 1.39. The van der Waals surface area contributed by atoms with E-state index >= 15 is 0 Å². The lowest BCUT2D eigenvalue weighted by atomic mass is 10.2. The van der Waals surface area contributed by atoms with Gasteiger partial charge in [0, 0.05) is 16.2 Å². The molecule has 0 saturated carbocycles. The van der Waals surface area contributed by atoms with E-state index in [2.05, 4.69) is 21.3 Å². The van der Waals surface area contributed by atoms with Crippen LogP contribution in [0.2, 0.25) is 0 Å². The van der Waals surface area contributed by atoms with Crippen molar-refractivity contribution in [3.05, 3.63) is 41.2 Å². The van der Waals surface area contributed by atoms with Gasteiger partial charge in [-0.2, -0.15) is 5.10 Å². The second-order valence-electron chi connectivity index (χ2n) is 6.05. The van der Waals surface area contributed by atoms with E-state index in [0.29, 0.717) is 11.3 Å². The van der Waals surface area contributed by atoms with E-state index < -0.39 is 5.91 Å². The third kappa shape index (κ3) is 3.88. The number of hydrazine groups is 1. The molecular formula is C17H19N5O3S. The number of thioether (sulfide) groups is 1. The molecule has 0 aliphatic carbocycles. The maximum atomic E-state index is 12.2. The van der Waals surface area contributed by atoms with Gasteiger partial charge < -0.3 is 5.32 Å². The summed E-state index contributed by atoms with van der Waals surface area (Å²) in [6, 6.07) is 6.89. The fraction of sp³-hybridized carbons (Fsp3) is 0.294. The van der Waals surface area contributed by atoms with E-state index in [9.17, 15) is 14.4 Å². The van der Waals surface area contributed by atoms with Gasteiger partial charge >= 0.3 is 0 Å². The summed E-state index contributed by atoms with van der Waals surface area (Å²) >= 11 is 1.44. The molecule has 0 bridgehead atoms. The Morgan fingerprint density at radius 3 is 2.73 bits per heavy atom. The molecule has 1 aromatic heterocycles. The fourth-order valence-corrected chi connectivity index (χ4v) is 3.49. The van der Waals surface area contributed by atoms with E-state index in [-0.39, 0.29) is 23.6 Å². The predicted molar refractivity (Wildman–Crippen MR) is 97.7 cm³/mol. The number of hydrogen-bond acceptors (Lipinski definition) is 5. The monoisotopic (exact) mass is 373 g/mol. The van der Waals surface area contributed by atoms with Crippen molar-refractivity contribution in [2.45, 2.75) is 37.5 Å². The minimum absolute atomic E-state index is 0.00866. The molecule has 8 nitrogen and oxygen atoms in total. The number of carbonyl (C=O) groups is 3. The van der Waals surface area contributed by atoms with Crippen molar-refractivity contribution in [1.82, 2.24) is 20.6 Å².